The van der Waals surface area contributed by atoms with Gasteiger partial charge in [0.25, 0.3) is 5.56 Å². The Kier molecular flexibility index (Phi) is 6.84. The fraction of sp³-hybridized carbons (Fsp3) is 0.320. The van der Waals surface area contributed by atoms with E-state index in [4.69, 9.17) is 4.74 Å². The molecular formula is C25H28N4O3. The molecule has 1 N–H and O–H groups in total. The molecule has 7 heteroatoms. The quantitative estimate of drug-likeness (QED) is 0.618. The van der Waals surface area contributed by atoms with Gasteiger partial charge >= 0.3 is 0 Å². The van der Waals surface area contributed by atoms with Crippen LogP contribution in [0, 0.1) is 5.92 Å². The lowest BCUT2D eigenvalue weighted by molar-refractivity contribution is -0.120. The lowest BCUT2D eigenvalue weighted by Crippen LogP contribution is -2.41. The van der Waals surface area contributed by atoms with Gasteiger partial charge < -0.3 is 15.0 Å². The number of benzene rings is 2. The van der Waals surface area contributed by atoms with E-state index in [1.807, 2.05) is 61.5 Å². The summed E-state index contributed by atoms with van der Waals surface area (Å²) in [4.78, 5) is 27.5. The SMILES string of the molecule is CCOc1ccc(NC(=O)[C@@H]2CCCN(c3cnn(Cc4ccccc4)c(=O)c3)C2)cc1. The van der Waals surface area contributed by atoms with Crippen LogP contribution in [0.15, 0.2) is 71.7 Å². The Morgan fingerprint density at radius 1 is 1.16 bits per heavy atom. The first-order chi connectivity index (χ1) is 15.6. The summed E-state index contributed by atoms with van der Waals surface area (Å²) in [5.41, 5.74) is 2.39. The summed E-state index contributed by atoms with van der Waals surface area (Å²) >= 11 is 0. The molecule has 1 atom stereocenters. The minimum atomic E-state index is -0.151. The van der Waals surface area contributed by atoms with Gasteiger partial charge in [0.1, 0.15) is 5.75 Å². The fourth-order valence-corrected chi connectivity index (χ4v) is 3.94. The van der Waals surface area contributed by atoms with Gasteiger partial charge in [-0.25, -0.2) is 4.68 Å². The number of nitrogens with zero attached hydrogens (tertiary/aromatic N) is 3. The van der Waals surface area contributed by atoms with Crippen molar-refractivity contribution in [3.8, 4) is 5.75 Å². The van der Waals surface area contributed by atoms with E-state index in [1.165, 1.54) is 4.68 Å². The van der Waals surface area contributed by atoms with E-state index in [-0.39, 0.29) is 17.4 Å². The standard InChI is InChI=1S/C25H28N4O3/c1-2-32-23-12-10-21(11-13-23)27-25(31)20-9-6-14-28(18-20)22-15-24(30)29(26-16-22)17-19-7-4-3-5-8-19/h3-5,7-8,10-13,15-16,20H,2,6,9,14,17-18H2,1H3,(H,27,31)/t20-/m1/s1. The van der Waals surface area contributed by atoms with Crippen LogP contribution in [-0.4, -0.2) is 35.4 Å². The summed E-state index contributed by atoms with van der Waals surface area (Å²) in [6.07, 6.45) is 3.42. The van der Waals surface area contributed by atoms with Crippen LogP contribution in [0.5, 0.6) is 5.75 Å². The van der Waals surface area contributed by atoms with Crippen LogP contribution in [0.1, 0.15) is 25.3 Å². The summed E-state index contributed by atoms with van der Waals surface area (Å²) in [5, 5.41) is 7.36. The lowest BCUT2D eigenvalue weighted by Gasteiger charge is -2.33. The zero-order valence-electron chi connectivity index (χ0n) is 18.2. The third kappa shape index (κ3) is 5.35. The van der Waals surface area contributed by atoms with Crippen LogP contribution in [0.3, 0.4) is 0 Å². The van der Waals surface area contributed by atoms with Gasteiger partial charge in [-0.2, -0.15) is 5.10 Å². The van der Waals surface area contributed by atoms with Gasteiger partial charge in [-0.15, -0.1) is 0 Å². The zero-order valence-corrected chi connectivity index (χ0v) is 18.2. The molecule has 1 fully saturated rings. The lowest BCUT2D eigenvalue weighted by atomic mass is 9.96. The maximum Gasteiger partial charge on any atom is 0.269 e. The summed E-state index contributed by atoms with van der Waals surface area (Å²) in [5.74, 6) is 0.621. The van der Waals surface area contributed by atoms with Crippen LogP contribution in [-0.2, 0) is 11.3 Å². The summed E-state index contributed by atoms with van der Waals surface area (Å²) < 4.78 is 6.90. The highest BCUT2D eigenvalue weighted by Crippen LogP contribution is 2.24. The van der Waals surface area contributed by atoms with E-state index in [9.17, 15) is 9.59 Å². The van der Waals surface area contributed by atoms with Gasteiger partial charge in [0.2, 0.25) is 5.91 Å². The van der Waals surface area contributed by atoms with Crippen molar-refractivity contribution in [2.24, 2.45) is 5.92 Å². The zero-order chi connectivity index (χ0) is 22.3. The first-order valence-electron chi connectivity index (χ1n) is 11.0. The van der Waals surface area contributed by atoms with Crippen LogP contribution in [0.4, 0.5) is 11.4 Å². The number of piperidine rings is 1. The number of carbonyl (C=O) groups is 1. The number of ether oxygens (including phenoxy) is 1. The topological polar surface area (TPSA) is 76.5 Å². The fourth-order valence-electron chi connectivity index (χ4n) is 3.94. The molecule has 2 heterocycles. The summed E-state index contributed by atoms with van der Waals surface area (Å²) in [6.45, 7) is 4.34. The number of rotatable bonds is 7. The molecule has 32 heavy (non-hydrogen) atoms. The van der Waals surface area contributed by atoms with Crippen molar-refractivity contribution >= 4 is 17.3 Å². The maximum atomic E-state index is 12.8. The second-order valence-corrected chi connectivity index (χ2v) is 7.93. The summed E-state index contributed by atoms with van der Waals surface area (Å²) in [6, 6.07) is 18.8. The second-order valence-electron chi connectivity index (χ2n) is 7.93. The molecule has 2 aromatic carbocycles. The van der Waals surface area contributed by atoms with Crippen molar-refractivity contribution in [2.75, 3.05) is 29.9 Å². The van der Waals surface area contributed by atoms with E-state index in [0.717, 1.165) is 42.1 Å². The van der Waals surface area contributed by atoms with Gasteiger partial charge in [-0.05, 0) is 49.6 Å². The molecule has 3 aromatic rings. The normalized spacial score (nSPS) is 15.9. The van der Waals surface area contributed by atoms with E-state index in [1.54, 1.807) is 12.3 Å². The van der Waals surface area contributed by atoms with Crippen molar-refractivity contribution < 1.29 is 9.53 Å². The van der Waals surface area contributed by atoms with Gasteiger partial charge in [-0.1, -0.05) is 30.3 Å². The Bertz CT molecular complexity index is 1100. The van der Waals surface area contributed by atoms with Crippen molar-refractivity contribution in [3.05, 3.63) is 82.8 Å². The number of nitrogens with one attached hydrogen (secondary N) is 1. The predicted octanol–water partition coefficient (Wildman–Crippen LogP) is 3.55. The highest BCUT2D eigenvalue weighted by molar-refractivity contribution is 5.93. The average molecular weight is 433 g/mol. The molecule has 0 spiro atoms. The van der Waals surface area contributed by atoms with Gasteiger partial charge in [0.05, 0.1) is 31.0 Å². The molecule has 1 saturated heterocycles. The first-order valence-corrected chi connectivity index (χ1v) is 11.0. The second kappa shape index (κ2) is 10.1. The molecule has 1 aliphatic heterocycles. The average Bonchev–Trinajstić information content (AvgIpc) is 2.82. The number of carbonyl (C=O) groups excluding carboxylic acids is 1. The molecule has 1 aliphatic rings. The van der Waals surface area contributed by atoms with Crippen molar-refractivity contribution in [1.82, 2.24) is 9.78 Å². The van der Waals surface area contributed by atoms with E-state index < -0.39 is 0 Å². The van der Waals surface area contributed by atoms with Crippen molar-refractivity contribution in [1.29, 1.82) is 0 Å². The van der Waals surface area contributed by atoms with Crippen LogP contribution < -0.4 is 20.5 Å². The Morgan fingerprint density at radius 2 is 1.94 bits per heavy atom. The molecule has 1 amide bonds. The van der Waals surface area contributed by atoms with Crippen LogP contribution >= 0.6 is 0 Å². The minimum absolute atomic E-state index is 0.00996. The third-order valence-corrected chi connectivity index (χ3v) is 5.62. The Labute approximate surface area is 187 Å². The molecule has 0 radical (unpaired) electrons. The number of hydrogen-bond donors (Lipinski definition) is 1. The van der Waals surface area contributed by atoms with Gasteiger partial charge in [0, 0.05) is 24.8 Å². The summed E-state index contributed by atoms with van der Waals surface area (Å²) in [7, 11) is 0. The Balaban J connectivity index is 1.39. The molecule has 1 aromatic heterocycles. The molecule has 4 rings (SSSR count). The molecule has 166 valence electrons. The Morgan fingerprint density at radius 3 is 2.66 bits per heavy atom. The number of amides is 1. The highest BCUT2D eigenvalue weighted by Gasteiger charge is 2.26. The Hall–Kier alpha value is -3.61. The minimum Gasteiger partial charge on any atom is -0.494 e. The first kappa shape index (κ1) is 21.6. The molecule has 0 saturated carbocycles. The number of aromatic nitrogens is 2. The van der Waals surface area contributed by atoms with Crippen molar-refractivity contribution in [2.45, 2.75) is 26.3 Å². The van der Waals surface area contributed by atoms with E-state index in [0.29, 0.717) is 19.7 Å². The molecular weight excluding hydrogens is 404 g/mol. The smallest absolute Gasteiger partial charge is 0.269 e. The number of hydrogen-bond acceptors (Lipinski definition) is 5. The molecule has 0 aliphatic carbocycles. The number of anilines is 2. The third-order valence-electron chi connectivity index (χ3n) is 5.62. The molecule has 0 bridgehead atoms. The maximum absolute atomic E-state index is 12.8. The largest absolute Gasteiger partial charge is 0.494 e. The monoisotopic (exact) mass is 432 g/mol. The van der Waals surface area contributed by atoms with E-state index in [2.05, 4.69) is 15.3 Å². The van der Waals surface area contributed by atoms with Crippen LogP contribution in [0.25, 0.3) is 0 Å². The van der Waals surface area contributed by atoms with E-state index >= 15 is 0 Å². The highest BCUT2D eigenvalue weighted by atomic mass is 16.5. The van der Waals surface area contributed by atoms with Crippen molar-refractivity contribution in [3.63, 3.8) is 0 Å². The molecule has 7 nitrogen and oxygen atoms in total. The van der Waals surface area contributed by atoms with Gasteiger partial charge in [0.15, 0.2) is 0 Å². The van der Waals surface area contributed by atoms with Crippen LogP contribution in [0.2, 0.25) is 0 Å². The van der Waals surface area contributed by atoms with Gasteiger partial charge in [-0.3, -0.25) is 9.59 Å². The molecule has 0 unspecified atom stereocenters. The predicted molar refractivity (Wildman–Crippen MR) is 125 cm³/mol.